The molecular weight excluding hydrogens is 340 g/mol. The van der Waals surface area contributed by atoms with Crippen molar-refractivity contribution in [1.29, 1.82) is 0 Å². The van der Waals surface area contributed by atoms with Gasteiger partial charge >= 0.3 is 0 Å². The summed E-state index contributed by atoms with van der Waals surface area (Å²) in [5.41, 5.74) is 0.584. The van der Waals surface area contributed by atoms with Crippen LogP contribution in [0.2, 0.25) is 5.02 Å². The Morgan fingerprint density at radius 1 is 1.04 bits per heavy atom. The lowest BCUT2D eigenvalue weighted by molar-refractivity contribution is -0.130. The van der Waals surface area contributed by atoms with Crippen molar-refractivity contribution in [2.45, 2.75) is 45.1 Å². The first-order chi connectivity index (χ1) is 12.0. The minimum absolute atomic E-state index is 0.00183. The molecule has 0 radical (unpaired) electrons. The summed E-state index contributed by atoms with van der Waals surface area (Å²) in [6.07, 6.45) is 4.83. The maximum Gasteiger partial charge on any atom is 0.257 e. The Morgan fingerprint density at radius 3 is 2.36 bits per heavy atom. The topological polar surface area (TPSA) is 49.9 Å². The van der Waals surface area contributed by atoms with Crippen LogP contribution >= 0.6 is 11.6 Å². The third-order valence-corrected chi connectivity index (χ3v) is 5.23. The number of nitrogens with zero attached hydrogens (tertiary/aromatic N) is 2. The monoisotopic (exact) mass is 364 g/mol. The number of hydrogen-bond donors (Lipinski definition) is 0. The molecule has 0 atom stereocenters. The van der Waals surface area contributed by atoms with Gasteiger partial charge in [0.15, 0.2) is 0 Å². The summed E-state index contributed by atoms with van der Waals surface area (Å²) in [5.74, 6) is 0.680. The largest absolute Gasteiger partial charge is 0.489 e. The third kappa shape index (κ3) is 4.46. The van der Waals surface area contributed by atoms with E-state index in [-0.39, 0.29) is 17.9 Å². The van der Waals surface area contributed by atoms with Gasteiger partial charge in [-0.3, -0.25) is 9.59 Å². The van der Waals surface area contributed by atoms with E-state index >= 15 is 0 Å². The van der Waals surface area contributed by atoms with Crippen molar-refractivity contribution in [3.05, 3.63) is 28.8 Å². The van der Waals surface area contributed by atoms with Gasteiger partial charge in [0.2, 0.25) is 5.91 Å². The molecule has 0 spiro atoms. The third-order valence-electron chi connectivity index (χ3n) is 5.00. The summed E-state index contributed by atoms with van der Waals surface area (Å²) in [5, 5.41) is 0.561. The minimum atomic E-state index is 0.00183. The highest BCUT2D eigenvalue weighted by Crippen LogP contribution is 2.28. The van der Waals surface area contributed by atoms with Crippen LogP contribution in [0.1, 0.15) is 49.4 Å². The summed E-state index contributed by atoms with van der Waals surface area (Å²) in [6.45, 7) is 4.58. The molecule has 2 amide bonds. The van der Waals surface area contributed by atoms with E-state index in [0.29, 0.717) is 29.4 Å². The standard InChI is InChI=1S/C19H25ClN2O3/c1-14(23)21-11-7-16(8-12-21)25-18-13-15(20)5-6-17(18)19(24)22-9-3-2-4-10-22/h5-6,13,16H,2-4,7-12H2,1H3. The first-order valence-corrected chi connectivity index (χ1v) is 9.43. The van der Waals surface area contributed by atoms with E-state index < -0.39 is 0 Å². The summed E-state index contributed by atoms with van der Waals surface area (Å²) in [6, 6.07) is 5.24. The van der Waals surface area contributed by atoms with Crippen LogP contribution in [-0.4, -0.2) is 53.9 Å². The molecule has 1 aromatic rings. The molecule has 0 N–H and O–H groups in total. The number of carbonyl (C=O) groups is 2. The zero-order chi connectivity index (χ0) is 17.8. The maximum absolute atomic E-state index is 12.9. The number of hydrogen-bond acceptors (Lipinski definition) is 3. The maximum atomic E-state index is 12.9. The van der Waals surface area contributed by atoms with E-state index in [2.05, 4.69) is 0 Å². The highest BCUT2D eigenvalue weighted by Gasteiger charge is 2.26. The van der Waals surface area contributed by atoms with Crippen molar-refractivity contribution >= 4 is 23.4 Å². The molecule has 0 saturated carbocycles. The van der Waals surface area contributed by atoms with E-state index in [0.717, 1.165) is 38.8 Å². The second kappa shape index (κ2) is 8.09. The fourth-order valence-corrected chi connectivity index (χ4v) is 3.67. The van der Waals surface area contributed by atoms with Crippen LogP contribution in [0.25, 0.3) is 0 Å². The number of likely N-dealkylation sites (tertiary alicyclic amines) is 2. The van der Waals surface area contributed by atoms with Gasteiger partial charge in [-0.1, -0.05) is 11.6 Å². The van der Waals surface area contributed by atoms with Gasteiger partial charge in [-0.25, -0.2) is 0 Å². The lowest BCUT2D eigenvalue weighted by Crippen LogP contribution is -2.41. The predicted octanol–water partition coefficient (Wildman–Crippen LogP) is 3.36. The molecule has 6 heteroatoms. The molecule has 5 nitrogen and oxygen atoms in total. The normalized spacial score (nSPS) is 19.0. The van der Waals surface area contributed by atoms with E-state index in [4.69, 9.17) is 16.3 Å². The number of piperidine rings is 2. The molecule has 2 saturated heterocycles. The summed E-state index contributed by atoms with van der Waals surface area (Å²) >= 11 is 6.13. The van der Waals surface area contributed by atoms with Gasteiger partial charge in [-0.2, -0.15) is 0 Å². The molecule has 0 aromatic heterocycles. The van der Waals surface area contributed by atoms with Crippen LogP contribution < -0.4 is 4.74 Å². The Morgan fingerprint density at radius 2 is 1.72 bits per heavy atom. The predicted molar refractivity (Wildman–Crippen MR) is 97.1 cm³/mol. The van der Waals surface area contributed by atoms with Crippen LogP contribution in [0.15, 0.2) is 18.2 Å². The van der Waals surface area contributed by atoms with Gasteiger partial charge in [-0.05, 0) is 37.5 Å². The summed E-state index contributed by atoms with van der Waals surface area (Å²) < 4.78 is 6.14. The SMILES string of the molecule is CC(=O)N1CCC(Oc2cc(Cl)ccc2C(=O)N2CCCCC2)CC1. The molecule has 2 fully saturated rings. The molecule has 25 heavy (non-hydrogen) atoms. The smallest absolute Gasteiger partial charge is 0.257 e. The molecule has 2 heterocycles. The minimum Gasteiger partial charge on any atom is -0.489 e. The lowest BCUT2D eigenvalue weighted by atomic mass is 10.1. The van der Waals surface area contributed by atoms with Crippen molar-refractivity contribution in [3.63, 3.8) is 0 Å². The van der Waals surface area contributed by atoms with Crippen molar-refractivity contribution in [1.82, 2.24) is 9.80 Å². The van der Waals surface area contributed by atoms with Crippen molar-refractivity contribution in [2.24, 2.45) is 0 Å². The zero-order valence-electron chi connectivity index (χ0n) is 14.7. The second-order valence-corrected chi connectivity index (χ2v) is 7.25. The Hall–Kier alpha value is -1.75. The summed E-state index contributed by atoms with van der Waals surface area (Å²) in [4.78, 5) is 28.0. The summed E-state index contributed by atoms with van der Waals surface area (Å²) in [7, 11) is 0. The number of rotatable bonds is 3. The molecule has 2 aliphatic rings. The van der Waals surface area contributed by atoms with Gasteiger partial charge in [0, 0.05) is 51.0 Å². The molecule has 0 unspecified atom stereocenters. The van der Waals surface area contributed by atoms with Crippen molar-refractivity contribution < 1.29 is 14.3 Å². The molecule has 2 aliphatic heterocycles. The fraction of sp³-hybridized carbons (Fsp3) is 0.579. The molecule has 3 rings (SSSR count). The highest BCUT2D eigenvalue weighted by molar-refractivity contribution is 6.30. The average Bonchev–Trinajstić information content (AvgIpc) is 2.62. The van der Waals surface area contributed by atoms with Crippen LogP contribution in [0.4, 0.5) is 0 Å². The van der Waals surface area contributed by atoms with Crippen LogP contribution in [0.3, 0.4) is 0 Å². The van der Waals surface area contributed by atoms with Crippen LogP contribution in [-0.2, 0) is 4.79 Å². The van der Waals surface area contributed by atoms with Crippen molar-refractivity contribution in [3.8, 4) is 5.75 Å². The Kier molecular flexibility index (Phi) is 5.84. The van der Waals surface area contributed by atoms with E-state index in [1.165, 1.54) is 6.42 Å². The van der Waals surface area contributed by atoms with E-state index in [9.17, 15) is 9.59 Å². The van der Waals surface area contributed by atoms with E-state index in [1.54, 1.807) is 25.1 Å². The highest BCUT2D eigenvalue weighted by atomic mass is 35.5. The molecular formula is C19H25ClN2O3. The second-order valence-electron chi connectivity index (χ2n) is 6.82. The fourth-order valence-electron chi connectivity index (χ4n) is 3.51. The Labute approximate surface area is 153 Å². The number of ether oxygens (including phenoxy) is 1. The van der Waals surface area contributed by atoms with Gasteiger partial charge < -0.3 is 14.5 Å². The number of benzene rings is 1. The Bertz CT molecular complexity index is 636. The van der Waals surface area contributed by atoms with Gasteiger partial charge in [0.05, 0.1) is 5.56 Å². The number of carbonyl (C=O) groups excluding carboxylic acids is 2. The van der Waals surface area contributed by atoms with Crippen LogP contribution in [0.5, 0.6) is 5.75 Å². The quantitative estimate of drug-likeness (QED) is 0.826. The van der Waals surface area contributed by atoms with Gasteiger partial charge in [0.25, 0.3) is 5.91 Å². The molecule has 0 aliphatic carbocycles. The average molecular weight is 365 g/mol. The zero-order valence-corrected chi connectivity index (χ0v) is 15.4. The van der Waals surface area contributed by atoms with Crippen LogP contribution in [0, 0.1) is 0 Å². The Balaban J connectivity index is 1.71. The first-order valence-electron chi connectivity index (χ1n) is 9.05. The van der Waals surface area contributed by atoms with Gasteiger partial charge in [0.1, 0.15) is 11.9 Å². The molecule has 136 valence electrons. The molecule has 0 bridgehead atoms. The lowest BCUT2D eigenvalue weighted by Gasteiger charge is -2.32. The van der Waals surface area contributed by atoms with E-state index in [1.807, 2.05) is 9.80 Å². The van der Waals surface area contributed by atoms with Gasteiger partial charge in [-0.15, -0.1) is 0 Å². The molecule has 1 aromatic carbocycles. The number of halogens is 1. The number of amides is 2. The first kappa shape index (κ1) is 18.1. The van der Waals surface area contributed by atoms with Crippen molar-refractivity contribution in [2.75, 3.05) is 26.2 Å².